The smallest absolute Gasteiger partial charge is 0.277 e. The molecule has 1 atom stereocenters. The molecule has 74 valence electrons. The molecule has 0 bridgehead atoms. The van der Waals surface area contributed by atoms with Crippen LogP contribution in [0.3, 0.4) is 0 Å². The molecule has 6 heteroatoms. The summed E-state index contributed by atoms with van der Waals surface area (Å²) in [7, 11) is 0. The van der Waals surface area contributed by atoms with E-state index in [9.17, 15) is 0 Å². The van der Waals surface area contributed by atoms with Gasteiger partial charge in [-0.25, -0.2) is 4.98 Å². The number of nitrogens with zero attached hydrogens (tertiary/aromatic N) is 3. The summed E-state index contributed by atoms with van der Waals surface area (Å²) in [5.41, 5.74) is 7.94. The quantitative estimate of drug-likeness (QED) is 0.825. The predicted octanol–water partition coefficient (Wildman–Crippen LogP) is 1.26. The highest BCUT2D eigenvalue weighted by molar-refractivity contribution is 7.07. The minimum absolute atomic E-state index is 0.117. The van der Waals surface area contributed by atoms with Crippen LogP contribution in [0.5, 0.6) is 0 Å². The third kappa shape index (κ3) is 1.66. The van der Waals surface area contributed by atoms with Crippen molar-refractivity contribution in [3.63, 3.8) is 0 Å². The average Bonchev–Trinajstić information content (AvgIpc) is 2.86. The second-order valence-corrected chi connectivity index (χ2v) is 3.69. The maximum atomic E-state index is 5.50. The van der Waals surface area contributed by atoms with Gasteiger partial charge in [0.15, 0.2) is 5.82 Å². The average molecular weight is 210 g/mol. The van der Waals surface area contributed by atoms with Crippen LogP contribution >= 0.6 is 11.3 Å². The Bertz CT molecular complexity index is 397. The second-order valence-electron chi connectivity index (χ2n) is 2.97. The molecule has 0 aliphatic rings. The van der Waals surface area contributed by atoms with Gasteiger partial charge in [0.05, 0.1) is 5.51 Å². The summed E-state index contributed by atoms with van der Waals surface area (Å²) in [4.78, 5) is 8.29. The van der Waals surface area contributed by atoms with Crippen molar-refractivity contribution >= 4 is 11.3 Å². The summed E-state index contributed by atoms with van der Waals surface area (Å²) in [5, 5.41) is 5.71. The number of rotatable bonds is 3. The minimum Gasteiger partial charge on any atom is -0.332 e. The summed E-state index contributed by atoms with van der Waals surface area (Å²) < 4.78 is 5.06. The summed E-state index contributed by atoms with van der Waals surface area (Å²) in [6.45, 7) is 2.46. The Hall–Kier alpha value is -1.27. The Morgan fingerprint density at radius 3 is 3.14 bits per heavy atom. The van der Waals surface area contributed by atoms with E-state index in [1.165, 1.54) is 11.3 Å². The van der Waals surface area contributed by atoms with Crippen LogP contribution < -0.4 is 5.73 Å². The molecule has 0 saturated carbocycles. The van der Waals surface area contributed by atoms with Crippen molar-refractivity contribution in [2.24, 2.45) is 5.73 Å². The molecule has 0 aromatic carbocycles. The van der Waals surface area contributed by atoms with Crippen molar-refractivity contribution in [1.29, 1.82) is 0 Å². The lowest BCUT2D eigenvalue weighted by Crippen LogP contribution is -2.10. The highest BCUT2D eigenvalue weighted by Gasteiger charge is 2.14. The van der Waals surface area contributed by atoms with E-state index in [-0.39, 0.29) is 5.92 Å². The molecule has 14 heavy (non-hydrogen) atoms. The number of aromatic nitrogens is 3. The van der Waals surface area contributed by atoms with Crippen molar-refractivity contribution < 1.29 is 4.52 Å². The summed E-state index contributed by atoms with van der Waals surface area (Å²) in [6.07, 6.45) is 0. The van der Waals surface area contributed by atoms with Gasteiger partial charge < -0.3 is 10.3 Å². The van der Waals surface area contributed by atoms with E-state index in [4.69, 9.17) is 10.3 Å². The summed E-state index contributed by atoms with van der Waals surface area (Å²) in [6, 6.07) is 0. The van der Waals surface area contributed by atoms with Crippen LogP contribution in [0.1, 0.15) is 18.7 Å². The van der Waals surface area contributed by atoms with Crippen LogP contribution in [-0.4, -0.2) is 21.7 Å². The third-order valence-corrected chi connectivity index (χ3v) is 2.47. The topological polar surface area (TPSA) is 77.8 Å². The van der Waals surface area contributed by atoms with E-state index in [1.54, 1.807) is 5.51 Å². The Morgan fingerprint density at radius 2 is 2.50 bits per heavy atom. The molecule has 2 aromatic rings. The first-order chi connectivity index (χ1) is 6.81. The van der Waals surface area contributed by atoms with E-state index in [1.807, 2.05) is 12.3 Å². The van der Waals surface area contributed by atoms with Crippen molar-refractivity contribution in [2.45, 2.75) is 12.8 Å². The van der Waals surface area contributed by atoms with E-state index >= 15 is 0 Å². The first-order valence-corrected chi connectivity index (χ1v) is 5.17. The van der Waals surface area contributed by atoms with E-state index < -0.39 is 0 Å². The molecule has 5 nitrogen and oxygen atoms in total. The molecule has 2 heterocycles. The minimum atomic E-state index is 0.117. The number of nitrogens with two attached hydrogens (primary N) is 1. The van der Waals surface area contributed by atoms with Gasteiger partial charge in [0, 0.05) is 17.8 Å². The fourth-order valence-corrected chi connectivity index (χ4v) is 1.49. The lowest BCUT2D eigenvalue weighted by atomic mass is 10.2. The summed E-state index contributed by atoms with van der Waals surface area (Å²) >= 11 is 1.49. The molecule has 0 radical (unpaired) electrons. The molecule has 0 fully saturated rings. The monoisotopic (exact) mass is 210 g/mol. The molecule has 1 unspecified atom stereocenters. The highest BCUT2D eigenvalue weighted by atomic mass is 32.1. The van der Waals surface area contributed by atoms with Crippen molar-refractivity contribution in [3.8, 4) is 11.6 Å². The summed E-state index contributed by atoms with van der Waals surface area (Å²) in [5.74, 6) is 1.21. The third-order valence-electron chi connectivity index (χ3n) is 1.89. The number of hydrogen-bond donors (Lipinski definition) is 1. The van der Waals surface area contributed by atoms with Gasteiger partial charge in [-0.15, -0.1) is 11.3 Å². The van der Waals surface area contributed by atoms with E-state index in [0.717, 1.165) is 5.69 Å². The zero-order valence-corrected chi connectivity index (χ0v) is 8.49. The van der Waals surface area contributed by atoms with Crippen LogP contribution in [0, 0.1) is 0 Å². The Balaban J connectivity index is 2.26. The van der Waals surface area contributed by atoms with Gasteiger partial charge in [-0.2, -0.15) is 4.98 Å². The van der Waals surface area contributed by atoms with E-state index in [2.05, 4.69) is 15.1 Å². The maximum absolute atomic E-state index is 5.50. The molecular formula is C8H10N4OS. The lowest BCUT2D eigenvalue weighted by Gasteiger charge is -1.98. The van der Waals surface area contributed by atoms with Gasteiger partial charge >= 0.3 is 0 Å². The molecule has 2 aromatic heterocycles. The zero-order chi connectivity index (χ0) is 9.97. The van der Waals surface area contributed by atoms with Gasteiger partial charge in [-0.05, 0) is 0 Å². The van der Waals surface area contributed by atoms with Gasteiger partial charge in [0.1, 0.15) is 5.69 Å². The maximum Gasteiger partial charge on any atom is 0.277 e. The van der Waals surface area contributed by atoms with Gasteiger partial charge in [-0.1, -0.05) is 12.1 Å². The molecule has 2 N–H and O–H groups in total. The van der Waals surface area contributed by atoms with Crippen LogP contribution in [0.15, 0.2) is 15.4 Å². The van der Waals surface area contributed by atoms with Crippen molar-refractivity contribution in [1.82, 2.24) is 15.1 Å². The fourth-order valence-electron chi connectivity index (χ4n) is 0.963. The first-order valence-electron chi connectivity index (χ1n) is 4.23. The van der Waals surface area contributed by atoms with Crippen molar-refractivity contribution in [2.75, 3.05) is 6.54 Å². The Kier molecular flexibility index (Phi) is 2.55. The van der Waals surface area contributed by atoms with Crippen molar-refractivity contribution in [3.05, 3.63) is 16.7 Å². The van der Waals surface area contributed by atoms with E-state index in [0.29, 0.717) is 18.3 Å². The lowest BCUT2D eigenvalue weighted by molar-refractivity contribution is 0.417. The van der Waals surface area contributed by atoms with Crippen LogP contribution in [-0.2, 0) is 0 Å². The molecule has 2 rings (SSSR count). The molecule has 0 saturated heterocycles. The van der Waals surface area contributed by atoms with Crippen LogP contribution in [0.25, 0.3) is 11.6 Å². The molecule has 0 aliphatic carbocycles. The van der Waals surface area contributed by atoms with Crippen LogP contribution in [0.4, 0.5) is 0 Å². The fraction of sp³-hybridized carbons (Fsp3) is 0.375. The standard InChI is InChI=1S/C8H10N4OS/c1-5(2-9)7-11-8(13-12-7)6-3-14-4-10-6/h3-5H,2,9H2,1H3. The Labute approximate surface area is 85.0 Å². The zero-order valence-electron chi connectivity index (χ0n) is 7.67. The number of hydrogen-bond acceptors (Lipinski definition) is 6. The second kappa shape index (κ2) is 3.85. The Morgan fingerprint density at radius 1 is 1.64 bits per heavy atom. The largest absolute Gasteiger partial charge is 0.332 e. The molecule has 0 aliphatic heterocycles. The molecular weight excluding hydrogens is 200 g/mol. The molecule has 0 amide bonds. The SMILES string of the molecule is CC(CN)c1noc(-c2cscn2)n1. The van der Waals surface area contributed by atoms with Crippen LogP contribution in [0.2, 0.25) is 0 Å². The van der Waals surface area contributed by atoms with Gasteiger partial charge in [-0.3, -0.25) is 0 Å². The predicted molar refractivity (Wildman–Crippen MR) is 52.9 cm³/mol. The number of thiazole rings is 1. The van der Waals surface area contributed by atoms with Gasteiger partial charge in [0.25, 0.3) is 5.89 Å². The first kappa shape index (κ1) is 9.29. The van der Waals surface area contributed by atoms with Gasteiger partial charge in [0.2, 0.25) is 0 Å². The normalized spacial score (nSPS) is 13.0. The highest BCUT2D eigenvalue weighted by Crippen LogP contribution is 2.19. The molecule has 0 spiro atoms.